The molecule has 0 saturated carbocycles. The molecule has 0 aromatic heterocycles. The quantitative estimate of drug-likeness (QED) is 0.628. The van der Waals surface area contributed by atoms with Crippen LogP contribution in [0.3, 0.4) is 0 Å². The molecule has 0 saturated heterocycles. The van der Waals surface area contributed by atoms with Crippen LogP contribution in [0.5, 0.6) is 0 Å². The van der Waals surface area contributed by atoms with Crippen molar-refractivity contribution in [3.63, 3.8) is 0 Å². The average Bonchev–Trinajstić information content (AvgIpc) is 1.59. The molecular weight excluding hydrogens is 177 g/mol. The Morgan fingerprint density at radius 2 is 1.90 bits per heavy atom. The van der Waals surface area contributed by atoms with Gasteiger partial charge in [-0.3, -0.25) is 0 Å². The van der Waals surface area contributed by atoms with E-state index in [-0.39, 0.29) is 0 Å². The molecule has 0 fully saturated rings. The Bertz CT molecular complexity index is 175. The highest BCUT2D eigenvalue weighted by molar-refractivity contribution is 7.81. The maximum Gasteiger partial charge on any atom is 0.407 e. The second-order valence-corrected chi connectivity index (χ2v) is 2.24. The van der Waals surface area contributed by atoms with Crippen LogP contribution >= 0.6 is 0 Å². The second-order valence-electron chi connectivity index (χ2n) is 0.992. The van der Waals surface area contributed by atoms with Crippen LogP contribution in [0, 0.1) is 0 Å². The summed E-state index contributed by atoms with van der Waals surface area (Å²) >= 11 is 0. The van der Waals surface area contributed by atoms with Gasteiger partial charge >= 0.3 is 17.0 Å². The van der Waals surface area contributed by atoms with Gasteiger partial charge < -0.3 is 0 Å². The first-order valence-electron chi connectivity index (χ1n) is 1.89. The van der Waals surface area contributed by atoms with Crippen LogP contribution < -0.4 is 0 Å². The standard InChI is InChI=1S/C2H3F3O4S/c3-1-8-10(6,7)9-2(4)5/h2H,1H2. The fourth-order valence-electron chi connectivity index (χ4n) is 0.171. The van der Waals surface area contributed by atoms with E-state index in [1.807, 2.05) is 0 Å². The van der Waals surface area contributed by atoms with Gasteiger partial charge in [-0.15, -0.1) is 0 Å². The van der Waals surface area contributed by atoms with Gasteiger partial charge in [0.2, 0.25) is 6.86 Å². The molecule has 0 rings (SSSR count). The molecular formula is C2H3F3O4S. The number of hydrogen-bond acceptors (Lipinski definition) is 4. The molecule has 62 valence electrons. The van der Waals surface area contributed by atoms with Crippen molar-refractivity contribution in [2.45, 2.75) is 6.61 Å². The van der Waals surface area contributed by atoms with Gasteiger partial charge in [0.1, 0.15) is 0 Å². The molecule has 0 N–H and O–H groups in total. The van der Waals surface area contributed by atoms with Crippen LogP contribution in [0.25, 0.3) is 0 Å². The van der Waals surface area contributed by atoms with Crippen LogP contribution in [0.4, 0.5) is 13.2 Å². The van der Waals surface area contributed by atoms with E-state index in [4.69, 9.17) is 0 Å². The van der Waals surface area contributed by atoms with Gasteiger partial charge in [-0.2, -0.15) is 21.4 Å². The van der Waals surface area contributed by atoms with Crippen molar-refractivity contribution in [2.24, 2.45) is 0 Å². The van der Waals surface area contributed by atoms with Crippen molar-refractivity contribution in [1.29, 1.82) is 0 Å². The molecule has 0 amide bonds. The topological polar surface area (TPSA) is 52.6 Å². The zero-order valence-corrected chi connectivity index (χ0v) is 5.28. The van der Waals surface area contributed by atoms with Gasteiger partial charge in [0.05, 0.1) is 0 Å². The van der Waals surface area contributed by atoms with Gasteiger partial charge in [0.15, 0.2) is 0 Å². The first-order valence-corrected chi connectivity index (χ1v) is 3.23. The van der Waals surface area contributed by atoms with Crippen molar-refractivity contribution < 1.29 is 30.0 Å². The molecule has 0 aliphatic rings. The monoisotopic (exact) mass is 180 g/mol. The second kappa shape index (κ2) is 3.74. The van der Waals surface area contributed by atoms with Gasteiger partial charge in [-0.05, 0) is 0 Å². The average molecular weight is 180 g/mol. The Morgan fingerprint density at radius 1 is 1.40 bits per heavy atom. The first-order chi connectivity index (χ1) is 4.48. The predicted octanol–water partition coefficient (Wildman–Crippen LogP) is 0.414. The molecule has 0 spiro atoms. The summed E-state index contributed by atoms with van der Waals surface area (Å²) in [5.41, 5.74) is 0. The van der Waals surface area contributed by atoms with Gasteiger partial charge in [-0.25, -0.2) is 8.57 Å². The van der Waals surface area contributed by atoms with Crippen molar-refractivity contribution in [3.8, 4) is 0 Å². The van der Waals surface area contributed by atoms with E-state index in [2.05, 4.69) is 8.37 Å². The van der Waals surface area contributed by atoms with E-state index >= 15 is 0 Å². The van der Waals surface area contributed by atoms with E-state index < -0.39 is 23.9 Å². The Labute approximate surface area is 54.9 Å². The maximum absolute atomic E-state index is 11.0. The van der Waals surface area contributed by atoms with E-state index in [0.717, 1.165) is 0 Å². The summed E-state index contributed by atoms with van der Waals surface area (Å²) in [6, 6.07) is 0. The smallest absolute Gasteiger partial charge is 0.219 e. The molecule has 0 radical (unpaired) electrons. The predicted molar refractivity (Wildman–Crippen MR) is 23.1 cm³/mol. The van der Waals surface area contributed by atoms with Crippen molar-refractivity contribution in [2.75, 3.05) is 6.86 Å². The third-order valence-corrected chi connectivity index (χ3v) is 1.14. The number of rotatable bonds is 4. The van der Waals surface area contributed by atoms with Gasteiger partial charge in [-0.1, -0.05) is 0 Å². The number of halogens is 3. The highest BCUT2D eigenvalue weighted by Crippen LogP contribution is 2.03. The molecule has 0 atom stereocenters. The summed E-state index contributed by atoms with van der Waals surface area (Å²) < 4.78 is 58.9. The Balaban J connectivity index is 3.89. The van der Waals surface area contributed by atoms with Crippen LogP contribution in [0.1, 0.15) is 0 Å². The summed E-state index contributed by atoms with van der Waals surface area (Å²) in [5, 5.41) is 0. The fourth-order valence-corrected chi connectivity index (χ4v) is 0.514. The van der Waals surface area contributed by atoms with Crippen molar-refractivity contribution in [3.05, 3.63) is 0 Å². The molecule has 0 heterocycles. The molecule has 0 bridgehead atoms. The minimum Gasteiger partial charge on any atom is -0.219 e. The minimum absolute atomic E-state index is 1.73. The van der Waals surface area contributed by atoms with Gasteiger partial charge in [0.25, 0.3) is 0 Å². The number of alkyl halides is 3. The van der Waals surface area contributed by atoms with Crippen LogP contribution in [0.15, 0.2) is 0 Å². The largest absolute Gasteiger partial charge is 0.407 e. The molecule has 0 aliphatic carbocycles. The first kappa shape index (κ1) is 9.66. The molecule has 8 heteroatoms. The summed E-state index contributed by atoms with van der Waals surface area (Å²) in [7, 11) is -4.86. The van der Waals surface area contributed by atoms with E-state index in [9.17, 15) is 21.6 Å². The molecule has 0 aromatic rings. The Hall–Kier alpha value is -0.340. The number of hydrogen-bond donors (Lipinski definition) is 0. The van der Waals surface area contributed by atoms with Crippen molar-refractivity contribution >= 4 is 10.4 Å². The maximum atomic E-state index is 11.0. The lowest BCUT2D eigenvalue weighted by Crippen LogP contribution is -2.12. The van der Waals surface area contributed by atoms with Crippen molar-refractivity contribution in [1.82, 2.24) is 0 Å². The third-order valence-electron chi connectivity index (χ3n) is 0.379. The third kappa shape index (κ3) is 4.53. The molecule has 4 nitrogen and oxygen atoms in total. The zero-order valence-electron chi connectivity index (χ0n) is 4.46. The fraction of sp³-hybridized carbons (Fsp3) is 1.00. The summed E-state index contributed by atoms with van der Waals surface area (Å²) in [6.45, 7) is -5.26. The summed E-state index contributed by atoms with van der Waals surface area (Å²) in [5.74, 6) is 0. The summed E-state index contributed by atoms with van der Waals surface area (Å²) in [4.78, 5) is 0. The lowest BCUT2D eigenvalue weighted by Gasteiger charge is -1.99. The molecule has 0 unspecified atom stereocenters. The Kier molecular flexibility index (Phi) is 3.61. The lowest BCUT2D eigenvalue weighted by atomic mass is 11.5. The summed E-state index contributed by atoms with van der Waals surface area (Å²) in [6.07, 6.45) is 0. The molecule has 10 heavy (non-hydrogen) atoms. The molecule has 0 aromatic carbocycles. The Morgan fingerprint density at radius 3 is 2.20 bits per heavy atom. The minimum atomic E-state index is -4.86. The SMILES string of the molecule is O=S(=O)(OCF)OC(F)F. The van der Waals surface area contributed by atoms with Gasteiger partial charge in [0, 0.05) is 0 Å². The normalized spacial score (nSPS) is 12.4. The molecule has 0 aliphatic heterocycles. The van der Waals surface area contributed by atoms with Crippen LogP contribution in [0.2, 0.25) is 0 Å². The lowest BCUT2D eigenvalue weighted by molar-refractivity contribution is -0.0571. The van der Waals surface area contributed by atoms with Crippen LogP contribution in [-0.4, -0.2) is 21.9 Å². The van der Waals surface area contributed by atoms with Crippen LogP contribution in [-0.2, 0) is 18.8 Å². The highest BCUT2D eigenvalue weighted by Gasteiger charge is 2.18. The highest BCUT2D eigenvalue weighted by atomic mass is 32.3. The zero-order chi connectivity index (χ0) is 8.20. The van der Waals surface area contributed by atoms with E-state index in [0.29, 0.717) is 0 Å². The van der Waals surface area contributed by atoms with E-state index in [1.165, 1.54) is 0 Å². The van der Waals surface area contributed by atoms with E-state index in [1.54, 1.807) is 0 Å².